The fraction of sp³-hybridized carbons (Fsp3) is 0.308. The number of hydrogen-bond donors (Lipinski definition) is 1. The van der Waals surface area contributed by atoms with Crippen LogP contribution in [0, 0.1) is 0 Å². The van der Waals surface area contributed by atoms with Crippen LogP contribution in [0.1, 0.15) is 79.2 Å². The number of fused-ring (bicyclic) bond motifs is 2. The second-order valence-electron chi connectivity index (χ2n) is 7.56. The third-order valence-electron chi connectivity index (χ3n) is 5.30. The van der Waals surface area contributed by atoms with E-state index in [-0.39, 0.29) is 29.3 Å². The third kappa shape index (κ3) is 7.97. The Hall–Kier alpha value is -4.05. The van der Waals surface area contributed by atoms with Crippen LogP contribution in [0.3, 0.4) is 0 Å². The Labute approximate surface area is 217 Å². The van der Waals surface area contributed by atoms with Gasteiger partial charge >= 0.3 is 23.5 Å². The number of aromatic carboxylic acids is 1. The number of ether oxygens (including phenoxy) is 3. The van der Waals surface area contributed by atoms with Gasteiger partial charge in [0.2, 0.25) is 0 Å². The summed E-state index contributed by atoms with van der Waals surface area (Å²) in [6, 6.07) is 9.66. The molecule has 0 spiro atoms. The van der Waals surface area contributed by atoms with Gasteiger partial charge in [-0.2, -0.15) is 0 Å². The van der Waals surface area contributed by atoms with Crippen molar-refractivity contribution in [2.45, 2.75) is 39.5 Å². The molecule has 196 valence electrons. The first-order chi connectivity index (χ1) is 17.6. The van der Waals surface area contributed by atoms with E-state index in [1.54, 1.807) is 50.2 Å². The van der Waals surface area contributed by atoms with Gasteiger partial charge in [-0.15, -0.1) is 0 Å². The van der Waals surface area contributed by atoms with Crippen molar-refractivity contribution in [1.29, 1.82) is 0 Å². The number of ketones is 2. The van der Waals surface area contributed by atoms with Gasteiger partial charge < -0.3 is 19.3 Å². The lowest BCUT2D eigenvalue weighted by Crippen LogP contribution is -2.15. The van der Waals surface area contributed by atoms with Crippen molar-refractivity contribution in [2.75, 3.05) is 13.2 Å². The predicted molar refractivity (Wildman–Crippen MR) is 130 cm³/mol. The van der Waals surface area contributed by atoms with Crippen molar-refractivity contribution in [1.82, 2.24) is 0 Å². The second kappa shape index (κ2) is 13.9. The molecule has 2 aliphatic carbocycles. The standard InChI is InChI=1S/C13H12O5.C10H8O3.C3H5ClO2/c1-2-17-13(16)18-12(15)10-5-3-4-9-8(10)6-7-11(9)14;11-9-5-4-6-7(9)2-1-3-8(6)10(12)13;1-2-6-3(4)5/h3-5H,2,6-7H2,1H3;1-3H,4-5H2,(H,12,13);2H2,1H3. The molecule has 37 heavy (non-hydrogen) atoms. The van der Waals surface area contributed by atoms with E-state index in [1.807, 2.05) is 0 Å². The summed E-state index contributed by atoms with van der Waals surface area (Å²) in [5.41, 5.74) is 2.25. The molecule has 2 aromatic rings. The number of carboxylic acids is 1. The van der Waals surface area contributed by atoms with E-state index in [4.69, 9.17) is 16.7 Å². The Bertz CT molecular complexity index is 1220. The first kappa shape index (κ1) is 29.2. The molecule has 2 aliphatic rings. The molecule has 10 nitrogen and oxygen atoms in total. The van der Waals surface area contributed by atoms with Crippen LogP contribution in [0.25, 0.3) is 0 Å². The molecule has 0 saturated heterocycles. The largest absolute Gasteiger partial charge is 0.516 e. The average Bonchev–Trinajstić information content (AvgIpc) is 3.42. The van der Waals surface area contributed by atoms with Crippen molar-refractivity contribution in [3.8, 4) is 0 Å². The van der Waals surface area contributed by atoms with Crippen LogP contribution in [0.2, 0.25) is 0 Å². The van der Waals surface area contributed by atoms with E-state index < -0.39 is 23.5 Å². The molecular formula is C26H25ClO10. The molecule has 0 aromatic heterocycles. The van der Waals surface area contributed by atoms with Gasteiger partial charge in [0.15, 0.2) is 11.6 Å². The molecule has 0 radical (unpaired) electrons. The first-order valence-corrected chi connectivity index (χ1v) is 11.7. The zero-order valence-corrected chi connectivity index (χ0v) is 21.0. The fourth-order valence-electron chi connectivity index (χ4n) is 3.76. The van der Waals surface area contributed by atoms with Crippen molar-refractivity contribution in [3.63, 3.8) is 0 Å². The molecule has 0 atom stereocenters. The molecular weight excluding hydrogens is 508 g/mol. The lowest BCUT2D eigenvalue weighted by molar-refractivity contribution is 0.0399. The highest BCUT2D eigenvalue weighted by atomic mass is 35.5. The Morgan fingerprint density at radius 1 is 0.784 bits per heavy atom. The summed E-state index contributed by atoms with van der Waals surface area (Å²) in [6.45, 7) is 3.80. The highest BCUT2D eigenvalue weighted by Gasteiger charge is 2.26. The molecule has 0 unspecified atom stereocenters. The summed E-state index contributed by atoms with van der Waals surface area (Å²) in [7, 11) is 0. The molecule has 0 fully saturated rings. The van der Waals surface area contributed by atoms with Crippen molar-refractivity contribution in [3.05, 3.63) is 69.8 Å². The number of esters is 1. The number of carboxylic acid groups (broad SMARTS) is 1. The van der Waals surface area contributed by atoms with Crippen molar-refractivity contribution >= 4 is 46.7 Å². The van der Waals surface area contributed by atoms with Crippen molar-refractivity contribution < 1.29 is 48.1 Å². The number of carbonyl (C=O) groups excluding carboxylic acids is 5. The summed E-state index contributed by atoms with van der Waals surface area (Å²) >= 11 is 4.72. The normalized spacial score (nSPS) is 12.6. The van der Waals surface area contributed by atoms with Crippen LogP contribution in [0.5, 0.6) is 0 Å². The number of carbonyl (C=O) groups is 6. The van der Waals surface area contributed by atoms with Crippen LogP contribution < -0.4 is 0 Å². The van der Waals surface area contributed by atoms with Gasteiger partial charge in [-0.3, -0.25) is 9.59 Å². The number of Topliss-reactive ketones (excluding diaryl/α,β-unsaturated/α-hetero) is 2. The molecule has 11 heteroatoms. The van der Waals surface area contributed by atoms with Crippen molar-refractivity contribution in [2.24, 2.45) is 0 Å². The quantitative estimate of drug-likeness (QED) is 0.322. The molecule has 0 saturated carbocycles. The Balaban J connectivity index is 0.000000221. The molecule has 2 aromatic carbocycles. The zero-order chi connectivity index (χ0) is 27.5. The minimum Gasteiger partial charge on any atom is -0.478 e. The number of benzene rings is 2. The number of hydrogen-bond acceptors (Lipinski definition) is 9. The van der Waals surface area contributed by atoms with Gasteiger partial charge in [0.25, 0.3) is 0 Å². The summed E-state index contributed by atoms with van der Waals surface area (Å²) < 4.78 is 13.2. The molecule has 0 amide bonds. The Morgan fingerprint density at radius 3 is 1.70 bits per heavy atom. The maximum absolute atomic E-state index is 11.8. The molecule has 0 bridgehead atoms. The van der Waals surface area contributed by atoms with Gasteiger partial charge in [-0.05, 0) is 49.9 Å². The lowest BCUT2D eigenvalue weighted by Gasteiger charge is -2.06. The molecule has 0 aliphatic heterocycles. The van der Waals surface area contributed by atoms with E-state index in [9.17, 15) is 28.8 Å². The summed E-state index contributed by atoms with van der Waals surface area (Å²) in [6.07, 6.45) is 0.877. The topological polar surface area (TPSA) is 150 Å². The monoisotopic (exact) mass is 532 g/mol. The SMILES string of the molecule is CCOC(=O)Cl.CCOC(=O)OC(=O)c1cccc2c1CCC2=O.O=C(O)c1cccc2c1CCC2=O. The minimum absolute atomic E-state index is 0.00999. The Morgan fingerprint density at radius 2 is 1.27 bits per heavy atom. The van der Waals surface area contributed by atoms with E-state index >= 15 is 0 Å². The van der Waals surface area contributed by atoms with Gasteiger partial charge in [0.1, 0.15) is 0 Å². The smallest absolute Gasteiger partial charge is 0.478 e. The minimum atomic E-state index is -1.02. The van der Waals surface area contributed by atoms with E-state index in [2.05, 4.69) is 14.2 Å². The van der Waals surface area contributed by atoms with E-state index in [0.717, 1.165) is 0 Å². The number of halogens is 1. The summed E-state index contributed by atoms with van der Waals surface area (Å²) in [4.78, 5) is 65.9. The van der Waals surface area contributed by atoms with Crippen LogP contribution in [-0.4, -0.2) is 53.4 Å². The van der Waals surface area contributed by atoms with Crippen LogP contribution in [0.15, 0.2) is 36.4 Å². The highest BCUT2D eigenvalue weighted by Crippen LogP contribution is 2.26. The van der Waals surface area contributed by atoms with E-state index in [0.29, 0.717) is 54.5 Å². The Kier molecular flexibility index (Phi) is 11.0. The first-order valence-electron chi connectivity index (χ1n) is 11.3. The van der Waals surface area contributed by atoms with Crippen LogP contribution in [-0.2, 0) is 27.1 Å². The molecule has 4 rings (SSSR count). The zero-order valence-electron chi connectivity index (χ0n) is 20.2. The lowest BCUT2D eigenvalue weighted by atomic mass is 10.0. The fourth-order valence-corrected chi connectivity index (χ4v) is 3.87. The maximum atomic E-state index is 11.8. The summed E-state index contributed by atoms with van der Waals surface area (Å²) in [5.74, 6) is -1.67. The summed E-state index contributed by atoms with van der Waals surface area (Å²) in [5, 5.41) is 8.82. The van der Waals surface area contributed by atoms with Gasteiger partial charge in [0, 0.05) is 35.6 Å². The van der Waals surface area contributed by atoms with E-state index in [1.165, 1.54) is 0 Å². The highest BCUT2D eigenvalue weighted by molar-refractivity contribution is 6.61. The van der Waals surface area contributed by atoms with Gasteiger partial charge in [-0.1, -0.05) is 24.3 Å². The number of rotatable bonds is 4. The van der Waals surface area contributed by atoms with Gasteiger partial charge in [-0.25, -0.2) is 19.2 Å². The molecule has 0 heterocycles. The van der Waals surface area contributed by atoms with Gasteiger partial charge in [0.05, 0.1) is 24.3 Å². The maximum Gasteiger partial charge on any atom is 0.516 e. The van der Waals surface area contributed by atoms with Crippen LogP contribution in [0.4, 0.5) is 9.59 Å². The second-order valence-corrected chi connectivity index (χ2v) is 7.87. The molecule has 1 N–H and O–H groups in total. The predicted octanol–water partition coefficient (Wildman–Crippen LogP) is 5.02. The third-order valence-corrected chi connectivity index (χ3v) is 5.41. The average molecular weight is 533 g/mol. The van der Waals surface area contributed by atoms with Crippen LogP contribution >= 0.6 is 11.6 Å².